The van der Waals surface area contributed by atoms with Crippen LogP contribution in [0.1, 0.15) is 12.0 Å². The van der Waals surface area contributed by atoms with Crippen LogP contribution in [-0.2, 0) is 11.3 Å². The van der Waals surface area contributed by atoms with Gasteiger partial charge in [-0.2, -0.15) is 0 Å². The van der Waals surface area contributed by atoms with E-state index in [9.17, 15) is 14.9 Å². The first kappa shape index (κ1) is 14.4. The van der Waals surface area contributed by atoms with Crippen molar-refractivity contribution >= 4 is 27.7 Å². The molecule has 1 rings (SSSR count). The number of amides is 1. The molecule has 0 unspecified atom stereocenters. The molecule has 98 valence electrons. The van der Waals surface area contributed by atoms with Crippen molar-refractivity contribution in [3.8, 4) is 0 Å². The summed E-state index contributed by atoms with van der Waals surface area (Å²) in [6, 6.07) is 5.87. The van der Waals surface area contributed by atoms with E-state index in [1.54, 1.807) is 12.1 Å². The fourth-order valence-electron chi connectivity index (χ4n) is 1.17. The number of hydrogen-bond acceptors (Lipinski definition) is 4. The third kappa shape index (κ3) is 5.13. The van der Waals surface area contributed by atoms with Crippen LogP contribution in [0.3, 0.4) is 0 Å². The molecule has 1 N–H and O–H groups in total. The van der Waals surface area contributed by atoms with E-state index in [0.29, 0.717) is 12.1 Å². The average Bonchev–Trinajstić information content (AvgIpc) is 2.37. The summed E-state index contributed by atoms with van der Waals surface area (Å²) in [5.41, 5.74) is 0.719. The summed E-state index contributed by atoms with van der Waals surface area (Å²) in [5.74, 6) is 0. The molecule has 6 nitrogen and oxygen atoms in total. The molecule has 0 saturated carbocycles. The molecular weight excluding hydrogens is 304 g/mol. The number of non-ortho nitro benzene ring substituents is 1. The fourth-order valence-corrected chi connectivity index (χ4v) is 1.45. The Labute approximate surface area is 113 Å². The molecular formula is C11H13BrN2O4. The van der Waals surface area contributed by atoms with Gasteiger partial charge in [0.15, 0.2) is 0 Å². The number of nitrogens with one attached hydrogen (secondary N) is 1. The Morgan fingerprint density at radius 2 is 2.06 bits per heavy atom. The lowest BCUT2D eigenvalue weighted by molar-refractivity contribution is -0.384. The van der Waals surface area contributed by atoms with E-state index >= 15 is 0 Å². The standard InChI is InChI=1S/C11H13BrN2O4/c12-6-1-7-13-11(15)18-8-9-2-4-10(5-3-9)14(16)17/h2-5H,1,6-8H2,(H,13,15). The normalized spacial score (nSPS) is 9.83. The number of carbonyl (C=O) groups excluding carboxylic acids is 1. The number of nitro groups is 1. The molecule has 0 atom stereocenters. The van der Waals surface area contributed by atoms with Gasteiger partial charge in [-0.05, 0) is 24.1 Å². The van der Waals surface area contributed by atoms with Gasteiger partial charge in [-0.15, -0.1) is 0 Å². The summed E-state index contributed by atoms with van der Waals surface area (Å²) in [6.07, 6.45) is 0.335. The number of nitrogens with zero attached hydrogens (tertiary/aromatic N) is 1. The number of carbonyl (C=O) groups is 1. The van der Waals surface area contributed by atoms with E-state index < -0.39 is 11.0 Å². The maximum atomic E-state index is 11.2. The number of halogens is 1. The molecule has 0 radical (unpaired) electrons. The van der Waals surface area contributed by atoms with Gasteiger partial charge in [-0.1, -0.05) is 15.9 Å². The van der Waals surface area contributed by atoms with Crippen molar-refractivity contribution in [2.45, 2.75) is 13.0 Å². The minimum atomic E-state index is -0.491. The number of ether oxygens (including phenoxy) is 1. The second kappa shape index (κ2) is 7.65. The maximum absolute atomic E-state index is 11.2. The monoisotopic (exact) mass is 316 g/mol. The zero-order valence-corrected chi connectivity index (χ0v) is 11.2. The van der Waals surface area contributed by atoms with Gasteiger partial charge in [0.2, 0.25) is 0 Å². The minimum absolute atomic E-state index is 0.0144. The molecule has 0 aliphatic heterocycles. The third-order valence-electron chi connectivity index (χ3n) is 2.10. The van der Waals surface area contributed by atoms with Crippen LogP contribution >= 0.6 is 15.9 Å². The predicted octanol–water partition coefficient (Wildman–Crippen LogP) is 2.61. The number of benzene rings is 1. The lowest BCUT2D eigenvalue weighted by Gasteiger charge is -2.06. The Bertz CT molecular complexity index is 408. The van der Waals surface area contributed by atoms with Crippen LogP contribution in [0, 0.1) is 10.1 Å². The van der Waals surface area contributed by atoms with Gasteiger partial charge < -0.3 is 10.1 Å². The van der Waals surface area contributed by atoms with Crippen molar-refractivity contribution in [3.05, 3.63) is 39.9 Å². The zero-order chi connectivity index (χ0) is 13.4. The van der Waals surface area contributed by atoms with Crippen LogP contribution < -0.4 is 5.32 Å². The lowest BCUT2D eigenvalue weighted by Crippen LogP contribution is -2.25. The van der Waals surface area contributed by atoms with Gasteiger partial charge in [0.1, 0.15) is 6.61 Å². The van der Waals surface area contributed by atoms with Crippen molar-refractivity contribution in [1.29, 1.82) is 0 Å². The maximum Gasteiger partial charge on any atom is 0.407 e. The highest BCUT2D eigenvalue weighted by atomic mass is 79.9. The van der Waals surface area contributed by atoms with Crippen molar-refractivity contribution < 1.29 is 14.5 Å². The smallest absolute Gasteiger partial charge is 0.407 e. The number of alkyl carbamates (subject to hydrolysis) is 1. The van der Waals surface area contributed by atoms with Crippen LogP contribution in [0.15, 0.2) is 24.3 Å². The fraction of sp³-hybridized carbons (Fsp3) is 0.364. The second-order valence-electron chi connectivity index (χ2n) is 3.47. The first-order chi connectivity index (χ1) is 8.63. The van der Waals surface area contributed by atoms with Gasteiger partial charge in [-0.3, -0.25) is 10.1 Å². The highest BCUT2D eigenvalue weighted by molar-refractivity contribution is 9.09. The topological polar surface area (TPSA) is 81.5 Å². The number of rotatable bonds is 6. The molecule has 1 aromatic rings. The summed E-state index contributed by atoms with van der Waals surface area (Å²) in [5, 5.41) is 13.8. The Morgan fingerprint density at radius 1 is 1.39 bits per heavy atom. The van der Waals surface area contributed by atoms with Crippen LogP contribution in [0.5, 0.6) is 0 Å². The molecule has 0 aromatic heterocycles. The highest BCUT2D eigenvalue weighted by Crippen LogP contribution is 2.12. The largest absolute Gasteiger partial charge is 0.445 e. The molecule has 0 heterocycles. The molecule has 7 heteroatoms. The van der Waals surface area contributed by atoms with Gasteiger partial charge in [0.25, 0.3) is 5.69 Å². The van der Waals surface area contributed by atoms with E-state index in [0.717, 1.165) is 11.8 Å². The molecule has 1 amide bonds. The number of nitro benzene ring substituents is 1. The van der Waals surface area contributed by atoms with Crippen LogP contribution in [0.4, 0.5) is 10.5 Å². The summed E-state index contributed by atoms with van der Waals surface area (Å²) >= 11 is 3.25. The molecule has 0 saturated heterocycles. The van der Waals surface area contributed by atoms with Crippen LogP contribution in [0.25, 0.3) is 0 Å². The third-order valence-corrected chi connectivity index (χ3v) is 2.66. The first-order valence-electron chi connectivity index (χ1n) is 5.33. The van der Waals surface area contributed by atoms with Gasteiger partial charge in [0.05, 0.1) is 4.92 Å². The highest BCUT2D eigenvalue weighted by Gasteiger charge is 2.05. The quantitative estimate of drug-likeness (QED) is 0.378. The lowest BCUT2D eigenvalue weighted by atomic mass is 10.2. The molecule has 0 bridgehead atoms. The van der Waals surface area contributed by atoms with Gasteiger partial charge in [-0.25, -0.2) is 4.79 Å². The van der Waals surface area contributed by atoms with E-state index in [1.165, 1.54) is 12.1 Å². The van der Waals surface area contributed by atoms with Gasteiger partial charge in [0, 0.05) is 24.0 Å². The molecule has 0 aliphatic rings. The van der Waals surface area contributed by atoms with E-state index in [1.807, 2.05) is 0 Å². The van der Waals surface area contributed by atoms with Crippen LogP contribution in [-0.4, -0.2) is 22.9 Å². The number of alkyl halides is 1. The molecule has 18 heavy (non-hydrogen) atoms. The minimum Gasteiger partial charge on any atom is -0.445 e. The van der Waals surface area contributed by atoms with Crippen molar-refractivity contribution in [2.75, 3.05) is 11.9 Å². The van der Waals surface area contributed by atoms with E-state index in [4.69, 9.17) is 4.74 Å². The Balaban J connectivity index is 2.34. The summed E-state index contributed by atoms with van der Waals surface area (Å²) < 4.78 is 4.94. The average molecular weight is 317 g/mol. The van der Waals surface area contributed by atoms with Crippen molar-refractivity contribution in [1.82, 2.24) is 5.32 Å². The predicted molar refractivity (Wildman–Crippen MR) is 69.7 cm³/mol. The number of hydrogen-bond donors (Lipinski definition) is 1. The Kier molecular flexibility index (Phi) is 6.13. The second-order valence-corrected chi connectivity index (χ2v) is 4.26. The Hall–Kier alpha value is -1.63. The summed E-state index contributed by atoms with van der Waals surface area (Å²) in [7, 11) is 0. The first-order valence-corrected chi connectivity index (χ1v) is 6.45. The Morgan fingerprint density at radius 3 is 2.61 bits per heavy atom. The van der Waals surface area contributed by atoms with Crippen molar-refractivity contribution in [3.63, 3.8) is 0 Å². The van der Waals surface area contributed by atoms with E-state index in [2.05, 4.69) is 21.2 Å². The summed E-state index contributed by atoms with van der Waals surface area (Å²) in [4.78, 5) is 21.2. The van der Waals surface area contributed by atoms with E-state index in [-0.39, 0.29) is 12.3 Å². The van der Waals surface area contributed by atoms with Crippen molar-refractivity contribution in [2.24, 2.45) is 0 Å². The summed E-state index contributed by atoms with van der Waals surface area (Å²) in [6.45, 7) is 0.641. The molecule has 1 aromatic carbocycles. The molecule has 0 fully saturated rings. The molecule has 0 aliphatic carbocycles. The zero-order valence-electron chi connectivity index (χ0n) is 9.60. The van der Waals surface area contributed by atoms with Crippen LogP contribution in [0.2, 0.25) is 0 Å². The van der Waals surface area contributed by atoms with Gasteiger partial charge >= 0.3 is 6.09 Å². The SMILES string of the molecule is O=C(NCCCBr)OCc1ccc([N+](=O)[O-])cc1. The molecule has 0 spiro atoms.